The number of amides is 1. The lowest BCUT2D eigenvalue weighted by molar-refractivity contribution is -0.115. The normalized spacial score (nSPS) is 11.0. The molecule has 0 fully saturated rings. The lowest BCUT2D eigenvalue weighted by atomic mass is 10.3. The van der Waals surface area contributed by atoms with Crippen molar-refractivity contribution in [3.63, 3.8) is 0 Å². The zero-order valence-corrected chi connectivity index (χ0v) is 15.4. The quantitative estimate of drug-likeness (QED) is 0.635. The molecule has 0 aliphatic carbocycles. The van der Waals surface area contributed by atoms with Crippen LogP contribution in [0.5, 0.6) is 11.5 Å². The number of hydrogen-bond donors (Lipinski definition) is 2. The number of rotatable bonds is 7. The Bertz CT molecular complexity index is 1040. The number of sulfonamides is 1. The highest BCUT2D eigenvalue weighted by Gasteiger charge is 2.16. The Morgan fingerprint density at radius 1 is 0.857 bits per heavy atom. The van der Waals surface area contributed by atoms with Crippen molar-refractivity contribution in [3.05, 3.63) is 84.7 Å². The highest BCUT2D eigenvalue weighted by molar-refractivity contribution is 7.89. The van der Waals surface area contributed by atoms with Crippen molar-refractivity contribution in [2.24, 2.45) is 0 Å². The van der Waals surface area contributed by atoms with Gasteiger partial charge in [-0.05, 0) is 60.7 Å². The van der Waals surface area contributed by atoms with Gasteiger partial charge in [-0.2, -0.15) is 0 Å². The predicted octanol–water partition coefficient (Wildman–Crippen LogP) is 3.54. The Labute approximate surface area is 162 Å². The number of para-hydroxylation sites is 1. The SMILES string of the molecule is O=C(CNS(=O)(=O)c1ccc(Oc2ccccc2)cc1)Nc1ccc(F)cc1. The van der Waals surface area contributed by atoms with Crippen molar-refractivity contribution in [1.29, 1.82) is 0 Å². The van der Waals surface area contributed by atoms with Crippen LogP contribution in [0.2, 0.25) is 0 Å². The van der Waals surface area contributed by atoms with Crippen molar-refractivity contribution < 1.29 is 22.3 Å². The fourth-order valence-corrected chi connectivity index (χ4v) is 3.28. The van der Waals surface area contributed by atoms with Gasteiger partial charge in [0.2, 0.25) is 15.9 Å². The second kappa shape index (κ2) is 8.64. The molecule has 144 valence electrons. The molecule has 0 aliphatic heterocycles. The lowest BCUT2D eigenvalue weighted by Crippen LogP contribution is -2.32. The second-order valence-electron chi connectivity index (χ2n) is 5.77. The Balaban J connectivity index is 1.57. The Morgan fingerprint density at radius 3 is 2.11 bits per heavy atom. The van der Waals surface area contributed by atoms with E-state index < -0.39 is 28.3 Å². The van der Waals surface area contributed by atoms with E-state index in [2.05, 4.69) is 10.0 Å². The molecule has 2 N–H and O–H groups in total. The minimum atomic E-state index is -3.87. The average molecular weight is 400 g/mol. The van der Waals surface area contributed by atoms with Crippen LogP contribution in [0.25, 0.3) is 0 Å². The number of carbonyl (C=O) groups is 1. The van der Waals surface area contributed by atoms with E-state index in [-0.39, 0.29) is 4.90 Å². The standard InChI is InChI=1S/C20H17FN2O4S/c21-15-6-8-16(9-7-15)23-20(24)14-22-28(25,26)19-12-10-18(11-13-19)27-17-4-2-1-3-5-17/h1-13,22H,14H2,(H,23,24). The molecule has 6 nitrogen and oxygen atoms in total. The first-order valence-electron chi connectivity index (χ1n) is 8.30. The van der Waals surface area contributed by atoms with Crippen molar-refractivity contribution in [2.45, 2.75) is 4.90 Å². The minimum absolute atomic E-state index is 0.00231. The lowest BCUT2D eigenvalue weighted by Gasteiger charge is -2.09. The van der Waals surface area contributed by atoms with Gasteiger partial charge in [0.1, 0.15) is 17.3 Å². The van der Waals surface area contributed by atoms with Gasteiger partial charge < -0.3 is 10.1 Å². The van der Waals surface area contributed by atoms with Gasteiger partial charge in [0.25, 0.3) is 0 Å². The fraction of sp³-hybridized carbons (Fsp3) is 0.0500. The molecule has 1 amide bonds. The molecule has 3 aromatic carbocycles. The third-order valence-electron chi connectivity index (χ3n) is 3.66. The van der Waals surface area contributed by atoms with Crippen molar-refractivity contribution in [2.75, 3.05) is 11.9 Å². The monoisotopic (exact) mass is 400 g/mol. The van der Waals surface area contributed by atoms with Gasteiger partial charge in [0.15, 0.2) is 0 Å². The first kappa shape index (κ1) is 19.5. The van der Waals surface area contributed by atoms with E-state index in [0.717, 1.165) is 0 Å². The molecule has 0 aromatic heterocycles. The number of nitrogens with one attached hydrogen (secondary N) is 2. The molecule has 0 saturated carbocycles. The Hall–Kier alpha value is -3.23. The van der Waals surface area contributed by atoms with Crippen molar-refractivity contribution >= 4 is 21.6 Å². The highest BCUT2D eigenvalue weighted by Crippen LogP contribution is 2.22. The molecule has 3 rings (SSSR count). The highest BCUT2D eigenvalue weighted by atomic mass is 32.2. The van der Waals surface area contributed by atoms with Crippen LogP contribution in [0.4, 0.5) is 10.1 Å². The third-order valence-corrected chi connectivity index (χ3v) is 5.08. The van der Waals surface area contributed by atoms with Crippen molar-refractivity contribution in [1.82, 2.24) is 4.72 Å². The van der Waals surface area contributed by atoms with Gasteiger partial charge in [-0.25, -0.2) is 17.5 Å². The number of hydrogen-bond acceptors (Lipinski definition) is 4. The van der Waals surface area contributed by atoms with Crippen LogP contribution in [0.15, 0.2) is 83.8 Å². The van der Waals surface area contributed by atoms with Crippen LogP contribution in [-0.4, -0.2) is 20.9 Å². The fourth-order valence-electron chi connectivity index (χ4n) is 2.29. The summed E-state index contributed by atoms with van der Waals surface area (Å²) in [5, 5.41) is 2.48. The van der Waals surface area contributed by atoms with Crippen LogP contribution in [0.1, 0.15) is 0 Å². The van der Waals surface area contributed by atoms with E-state index in [9.17, 15) is 17.6 Å². The van der Waals surface area contributed by atoms with Crippen LogP contribution in [0.3, 0.4) is 0 Å². The first-order chi connectivity index (χ1) is 13.4. The average Bonchev–Trinajstić information content (AvgIpc) is 2.70. The predicted molar refractivity (Wildman–Crippen MR) is 103 cm³/mol. The van der Waals surface area contributed by atoms with E-state index >= 15 is 0 Å². The van der Waals surface area contributed by atoms with Gasteiger partial charge in [-0.3, -0.25) is 4.79 Å². The summed E-state index contributed by atoms with van der Waals surface area (Å²) in [5.74, 6) is 0.116. The van der Waals surface area contributed by atoms with E-state index in [1.165, 1.54) is 48.5 Å². The summed E-state index contributed by atoms with van der Waals surface area (Å²) in [4.78, 5) is 11.9. The number of benzene rings is 3. The third kappa shape index (κ3) is 5.38. The maximum Gasteiger partial charge on any atom is 0.241 e. The van der Waals surface area contributed by atoms with Gasteiger partial charge in [0, 0.05) is 5.69 Å². The molecule has 0 radical (unpaired) electrons. The molecule has 8 heteroatoms. The molecule has 0 aliphatic rings. The van der Waals surface area contributed by atoms with Crippen LogP contribution < -0.4 is 14.8 Å². The summed E-state index contributed by atoms with van der Waals surface area (Å²) in [5.41, 5.74) is 0.369. The molecule has 0 bridgehead atoms. The van der Waals surface area contributed by atoms with Gasteiger partial charge in [0.05, 0.1) is 11.4 Å². The molecule has 0 heterocycles. The zero-order chi connectivity index (χ0) is 20.0. The molecule has 0 saturated heterocycles. The van der Waals surface area contributed by atoms with Gasteiger partial charge in [-0.1, -0.05) is 18.2 Å². The maximum atomic E-state index is 12.9. The molecule has 0 spiro atoms. The summed E-state index contributed by atoms with van der Waals surface area (Å²) in [6, 6.07) is 20.1. The maximum absolute atomic E-state index is 12.9. The summed E-state index contributed by atoms with van der Waals surface area (Å²) >= 11 is 0. The molecule has 0 atom stereocenters. The summed E-state index contributed by atoms with van der Waals surface area (Å²) in [7, 11) is -3.87. The van der Waals surface area contributed by atoms with Crippen LogP contribution in [0, 0.1) is 5.82 Å². The molecular formula is C20H17FN2O4S. The van der Waals surface area contributed by atoms with Crippen molar-refractivity contribution in [3.8, 4) is 11.5 Å². The first-order valence-corrected chi connectivity index (χ1v) is 9.79. The molecule has 28 heavy (non-hydrogen) atoms. The van der Waals surface area contributed by atoms with Crippen LogP contribution >= 0.6 is 0 Å². The summed E-state index contributed by atoms with van der Waals surface area (Å²) in [6.07, 6.45) is 0. The number of halogens is 1. The summed E-state index contributed by atoms with van der Waals surface area (Å²) < 4.78 is 45.3. The molecular weight excluding hydrogens is 383 g/mol. The number of carbonyl (C=O) groups excluding carboxylic acids is 1. The van der Waals surface area contributed by atoms with E-state index in [0.29, 0.717) is 17.2 Å². The van der Waals surface area contributed by atoms with E-state index in [1.54, 1.807) is 12.1 Å². The van der Waals surface area contributed by atoms with Crippen LogP contribution in [-0.2, 0) is 14.8 Å². The minimum Gasteiger partial charge on any atom is -0.457 e. The van der Waals surface area contributed by atoms with E-state index in [4.69, 9.17) is 4.74 Å². The largest absolute Gasteiger partial charge is 0.457 e. The summed E-state index contributed by atoms with van der Waals surface area (Å²) in [6.45, 7) is -0.456. The number of anilines is 1. The molecule has 0 unspecified atom stereocenters. The molecule has 3 aromatic rings. The van der Waals surface area contributed by atoms with E-state index in [1.807, 2.05) is 18.2 Å². The topological polar surface area (TPSA) is 84.5 Å². The van der Waals surface area contributed by atoms with Gasteiger partial charge in [-0.15, -0.1) is 0 Å². The smallest absolute Gasteiger partial charge is 0.241 e. The Morgan fingerprint density at radius 2 is 1.46 bits per heavy atom. The van der Waals surface area contributed by atoms with Gasteiger partial charge >= 0.3 is 0 Å². The Kier molecular flexibility index (Phi) is 6.03. The zero-order valence-electron chi connectivity index (χ0n) is 14.6. The number of ether oxygens (including phenoxy) is 1. The second-order valence-corrected chi connectivity index (χ2v) is 7.53.